The molecule has 0 spiro atoms. The summed E-state index contributed by atoms with van der Waals surface area (Å²) in [5.74, 6) is 3.43. The molecule has 3 fully saturated rings. The molecule has 0 radical (unpaired) electrons. The van der Waals surface area contributed by atoms with Gasteiger partial charge in [-0.1, -0.05) is 37.9 Å². The molecule has 8 heteroatoms. The van der Waals surface area contributed by atoms with E-state index in [9.17, 15) is 8.42 Å². The summed E-state index contributed by atoms with van der Waals surface area (Å²) in [4.78, 5) is 4.24. The van der Waals surface area contributed by atoms with Crippen LogP contribution in [0.5, 0.6) is 5.75 Å². The summed E-state index contributed by atoms with van der Waals surface area (Å²) in [5, 5.41) is 3.79. The van der Waals surface area contributed by atoms with E-state index < -0.39 is 15.2 Å². The topological polar surface area (TPSA) is 71.1 Å². The van der Waals surface area contributed by atoms with Crippen LogP contribution in [0.1, 0.15) is 83.6 Å². The van der Waals surface area contributed by atoms with Crippen molar-refractivity contribution >= 4 is 22.2 Å². The van der Waals surface area contributed by atoms with Crippen molar-refractivity contribution in [3.63, 3.8) is 0 Å². The quantitative estimate of drug-likeness (QED) is 0.131. The Morgan fingerprint density at radius 1 is 1.03 bits per heavy atom. The lowest BCUT2D eigenvalue weighted by Crippen LogP contribution is -2.50. The van der Waals surface area contributed by atoms with Crippen LogP contribution in [0.15, 0.2) is 24.3 Å². The fraction of sp³-hybridized carbons (Fsp3) is 0.760. The third kappa shape index (κ3) is 5.89. The molecule has 0 heterocycles. The first-order valence-corrected chi connectivity index (χ1v) is 14.6. The maximum atomic E-state index is 12.1. The Kier molecular flexibility index (Phi) is 7.71. The van der Waals surface area contributed by atoms with E-state index in [1.165, 1.54) is 64.0 Å². The van der Waals surface area contributed by atoms with Gasteiger partial charge in [0, 0.05) is 0 Å². The van der Waals surface area contributed by atoms with E-state index in [1.807, 2.05) is 12.1 Å². The lowest BCUT2D eigenvalue weighted by Gasteiger charge is -2.59. The van der Waals surface area contributed by atoms with Gasteiger partial charge in [-0.2, -0.15) is 8.42 Å². The predicted octanol–water partition coefficient (Wildman–Crippen LogP) is 6.64. The lowest BCUT2D eigenvalue weighted by molar-refractivity contribution is -0.447. The number of hydrogen-bond donors (Lipinski definition) is 0. The zero-order valence-corrected chi connectivity index (χ0v) is 21.9. The Hall–Kier alpha value is -0.800. The molecule has 1 aromatic carbocycles. The van der Waals surface area contributed by atoms with Crippen LogP contribution >= 0.6 is 12.0 Å². The number of benzene rings is 1. The van der Waals surface area contributed by atoms with Crippen molar-refractivity contribution in [1.29, 1.82) is 0 Å². The van der Waals surface area contributed by atoms with Gasteiger partial charge in [-0.15, -0.1) is 4.33 Å². The highest BCUT2D eigenvalue weighted by molar-refractivity contribution is 8.08. The third-order valence-electron chi connectivity index (χ3n) is 8.59. The van der Waals surface area contributed by atoms with Crippen LogP contribution in [-0.2, 0) is 24.4 Å². The molecule has 3 saturated carbocycles. The van der Waals surface area contributed by atoms with E-state index in [0.717, 1.165) is 17.8 Å². The minimum absolute atomic E-state index is 0.318. The second-order valence-electron chi connectivity index (χ2n) is 11.3. The molecule has 1 aromatic rings. The summed E-state index contributed by atoms with van der Waals surface area (Å²) in [6, 6.07) is 7.59. The second kappa shape index (κ2) is 10.1. The van der Waals surface area contributed by atoms with Gasteiger partial charge in [-0.25, -0.2) is 4.89 Å². The van der Waals surface area contributed by atoms with Gasteiger partial charge in [0.15, 0.2) is 5.08 Å². The summed E-state index contributed by atoms with van der Waals surface area (Å²) in [6.07, 6.45) is 10.7. The number of hydrogen-bond acceptors (Lipinski definition) is 7. The molecule has 0 amide bonds. The monoisotopic (exact) mass is 498 g/mol. The largest absolute Gasteiger partial charge is 0.382 e. The highest BCUT2D eigenvalue weighted by Gasteiger charge is 2.53. The van der Waals surface area contributed by atoms with E-state index in [4.69, 9.17) is 4.18 Å². The summed E-state index contributed by atoms with van der Waals surface area (Å²) in [7, 11) is -2.53. The summed E-state index contributed by atoms with van der Waals surface area (Å²) < 4.78 is 33.8. The highest BCUT2D eigenvalue weighted by Crippen LogP contribution is 2.63. The average molecular weight is 499 g/mol. The molecule has 33 heavy (non-hydrogen) atoms. The smallest absolute Gasteiger partial charge is 0.321 e. The van der Waals surface area contributed by atoms with Crippen molar-refractivity contribution in [2.24, 2.45) is 28.6 Å². The van der Waals surface area contributed by atoms with E-state index in [0.29, 0.717) is 34.5 Å². The normalized spacial score (nSPS) is 33.7. The van der Waals surface area contributed by atoms with Gasteiger partial charge in [-0.05, 0) is 104 Å². The zero-order valence-electron chi connectivity index (χ0n) is 20.2. The van der Waals surface area contributed by atoms with Crippen molar-refractivity contribution in [1.82, 2.24) is 0 Å². The van der Waals surface area contributed by atoms with Crippen LogP contribution in [0.25, 0.3) is 0 Å². The Bertz CT molecular complexity index is 900. The van der Waals surface area contributed by atoms with Crippen molar-refractivity contribution in [3.05, 3.63) is 29.8 Å². The maximum absolute atomic E-state index is 12.1. The molecule has 0 bridgehead atoms. The van der Waals surface area contributed by atoms with Crippen molar-refractivity contribution < 1.29 is 26.9 Å². The molecule has 0 saturated heterocycles. The van der Waals surface area contributed by atoms with E-state index >= 15 is 0 Å². The van der Waals surface area contributed by atoms with Crippen LogP contribution < -0.4 is 4.18 Å². The molecule has 5 atom stereocenters. The summed E-state index contributed by atoms with van der Waals surface area (Å²) >= 11 is 0.587. The SMILES string of the molecule is COOOSCS(=O)(=O)Oc1ccc(C2CCC3C(CCC4CCC(C)(C)CC43C)C2)cc1. The van der Waals surface area contributed by atoms with Gasteiger partial charge < -0.3 is 4.18 Å². The van der Waals surface area contributed by atoms with Gasteiger partial charge in [0.05, 0.1) is 19.2 Å². The minimum atomic E-state index is -3.79. The number of fused-ring (bicyclic) bond motifs is 3. The van der Waals surface area contributed by atoms with E-state index in [2.05, 4.69) is 35.0 Å². The van der Waals surface area contributed by atoms with Crippen LogP contribution in [0.2, 0.25) is 0 Å². The average Bonchev–Trinajstić information content (AvgIpc) is 2.75. The molecule has 3 aliphatic rings. The number of rotatable bonds is 8. The first-order chi connectivity index (χ1) is 15.6. The summed E-state index contributed by atoms with van der Waals surface area (Å²) in [6.45, 7) is 7.53. The molecule has 0 aromatic heterocycles. The molecule has 6 nitrogen and oxygen atoms in total. The second-order valence-corrected chi connectivity index (χ2v) is 13.9. The van der Waals surface area contributed by atoms with E-state index in [-0.39, 0.29) is 0 Å². The Balaban J connectivity index is 1.36. The molecule has 3 aliphatic carbocycles. The molecule has 0 N–H and O–H groups in total. The van der Waals surface area contributed by atoms with Crippen LogP contribution in [0, 0.1) is 28.6 Å². The first kappa shape index (κ1) is 25.3. The van der Waals surface area contributed by atoms with Crippen molar-refractivity contribution in [2.75, 3.05) is 12.2 Å². The third-order valence-corrected chi connectivity index (χ3v) is 10.7. The zero-order chi connectivity index (χ0) is 23.7. The molecular weight excluding hydrogens is 460 g/mol. The lowest BCUT2D eigenvalue weighted by atomic mass is 9.46. The standard InChI is InChI=1S/C25H38O6S2/c1-24(2)14-13-21-9-5-20-15-19(8-12-23(20)25(21,3)16-24)18-6-10-22(11-7-18)29-33(26,27)17-32-31-30-28-4/h6-7,10-11,19-21,23H,5,8-9,12-17H2,1-4H3. The highest BCUT2D eigenvalue weighted by atomic mass is 32.3. The van der Waals surface area contributed by atoms with Crippen molar-refractivity contribution in [3.8, 4) is 5.75 Å². The van der Waals surface area contributed by atoms with Gasteiger partial charge in [-0.3, -0.25) is 0 Å². The Labute approximate surface area is 203 Å². The van der Waals surface area contributed by atoms with Crippen LogP contribution in [-0.4, -0.2) is 20.6 Å². The molecular formula is C25H38O6S2. The van der Waals surface area contributed by atoms with Gasteiger partial charge in [0.2, 0.25) is 0 Å². The summed E-state index contributed by atoms with van der Waals surface area (Å²) in [5.41, 5.74) is 2.26. The molecule has 186 valence electrons. The fourth-order valence-electron chi connectivity index (χ4n) is 7.33. The van der Waals surface area contributed by atoms with Crippen LogP contribution in [0.4, 0.5) is 0 Å². The first-order valence-electron chi connectivity index (χ1n) is 12.1. The van der Waals surface area contributed by atoms with Crippen molar-refractivity contribution in [2.45, 2.75) is 78.1 Å². The molecule has 0 aliphatic heterocycles. The Morgan fingerprint density at radius 2 is 1.79 bits per heavy atom. The minimum Gasteiger partial charge on any atom is -0.382 e. The van der Waals surface area contributed by atoms with Gasteiger partial charge in [0.25, 0.3) is 0 Å². The molecule has 5 unspecified atom stereocenters. The fourth-order valence-corrected chi connectivity index (χ4v) is 8.65. The molecule has 4 rings (SSSR count). The predicted molar refractivity (Wildman–Crippen MR) is 130 cm³/mol. The van der Waals surface area contributed by atoms with Gasteiger partial charge >= 0.3 is 10.1 Å². The Morgan fingerprint density at radius 3 is 2.52 bits per heavy atom. The maximum Gasteiger partial charge on any atom is 0.321 e. The van der Waals surface area contributed by atoms with Gasteiger partial charge in [0.1, 0.15) is 5.75 Å². The van der Waals surface area contributed by atoms with E-state index in [1.54, 1.807) is 12.1 Å². The van der Waals surface area contributed by atoms with Crippen LogP contribution in [0.3, 0.4) is 0 Å².